The van der Waals surface area contributed by atoms with Gasteiger partial charge in [0.05, 0.1) is 5.56 Å². The Kier molecular flexibility index (Phi) is 3.63. The molecule has 0 aliphatic carbocycles. The molecule has 1 amide bonds. The lowest BCUT2D eigenvalue weighted by atomic mass is 10.0. The summed E-state index contributed by atoms with van der Waals surface area (Å²) in [6.45, 7) is -0.179. The minimum absolute atomic E-state index is 0.0331. The topological polar surface area (TPSA) is 38.3 Å². The van der Waals surface area contributed by atoms with Crippen LogP contribution in [0.4, 0.5) is 13.2 Å². The maximum absolute atomic E-state index is 12.9. The fourth-order valence-corrected chi connectivity index (χ4v) is 2.11. The first kappa shape index (κ1) is 13.4. The predicted octanol–water partition coefficient (Wildman–Crippen LogP) is 2.66. The van der Waals surface area contributed by atoms with Crippen LogP contribution < -0.4 is 5.32 Å². The number of rotatable bonds is 1. The van der Waals surface area contributed by atoms with Gasteiger partial charge in [-0.15, -0.1) is 0 Å². The first-order chi connectivity index (χ1) is 8.38. The van der Waals surface area contributed by atoms with Crippen LogP contribution in [0, 0.1) is 0 Å². The van der Waals surface area contributed by atoms with Crippen LogP contribution in [0.2, 0.25) is 0 Å². The fourth-order valence-electron chi connectivity index (χ4n) is 1.75. The third-order valence-electron chi connectivity index (χ3n) is 2.57. The number of halogens is 4. The number of amides is 1. The zero-order valence-corrected chi connectivity index (χ0v) is 10.6. The number of hydrogen-bond donors (Lipinski definition) is 1. The normalized spacial score (nSPS) is 20.7. The van der Waals surface area contributed by atoms with E-state index in [1.807, 2.05) is 0 Å². The van der Waals surface area contributed by atoms with Crippen LogP contribution in [-0.2, 0) is 15.7 Å². The molecule has 0 spiro atoms. The Morgan fingerprint density at radius 1 is 1.39 bits per heavy atom. The molecule has 18 heavy (non-hydrogen) atoms. The zero-order valence-electron chi connectivity index (χ0n) is 9.05. The highest BCUT2D eigenvalue weighted by molar-refractivity contribution is 9.10. The summed E-state index contributed by atoms with van der Waals surface area (Å²) in [6.07, 6.45) is -5.23. The largest absolute Gasteiger partial charge is 0.416 e. The number of hydrogen-bond acceptors (Lipinski definition) is 2. The number of nitrogens with one attached hydrogen (secondary N) is 1. The Labute approximate surface area is 109 Å². The van der Waals surface area contributed by atoms with Crippen molar-refractivity contribution < 1.29 is 22.7 Å². The average Bonchev–Trinajstić information content (AvgIpc) is 2.29. The second-order valence-electron chi connectivity index (χ2n) is 3.83. The smallest absolute Gasteiger partial charge is 0.362 e. The van der Waals surface area contributed by atoms with E-state index in [4.69, 9.17) is 4.74 Å². The van der Waals surface area contributed by atoms with E-state index in [0.29, 0.717) is 4.47 Å². The highest BCUT2D eigenvalue weighted by atomic mass is 79.9. The molecule has 0 bridgehead atoms. The number of benzene rings is 1. The van der Waals surface area contributed by atoms with Gasteiger partial charge in [0.1, 0.15) is 12.7 Å². The Bertz CT molecular complexity index is 466. The Hall–Kier alpha value is -1.08. The maximum Gasteiger partial charge on any atom is 0.416 e. The van der Waals surface area contributed by atoms with Crippen LogP contribution in [0.5, 0.6) is 0 Å². The summed E-state index contributed by atoms with van der Waals surface area (Å²) in [4.78, 5) is 10.9. The van der Waals surface area contributed by atoms with E-state index in [-0.39, 0.29) is 24.6 Å². The Morgan fingerprint density at radius 3 is 2.67 bits per heavy atom. The van der Waals surface area contributed by atoms with Crippen LogP contribution >= 0.6 is 15.9 Å². The third kappa shape index (κ3) is 2.84. The van der Waals surface area contributed by atoms with Gasteiger partial charge in [0, 0.05) is 11.0 Å². The zero-order chi connectivity index (χ0) is 13.3. The number of alkyl halides is 3. The van der Waals surface area contributed by atoms with Crippen molar-refractivity contribution in [1.29, 1.82) is 0 Å². The molecule has 0 radical (unpaired) electrons. The van der Waals surface area contributed by atoms with Crippen LogP contribution in [0.25, 0.3) is 0 Å². The van der Waals surface area contributed by atoms with Crippen molar-refractivity contribution in [1.82, 2.24) is 5.32 Å². The van der Waals surface area contributed by atoms with E-state index in [9.17, 15) is 18.0 Å². The molecule has 0 saturated carbocycles. The van der Waals surface area contributed by atoms with Crippen molar-refractivity contribution >= 4 is 21.8 Å². The van der Waals surface area contributed by atoms with Crippen molar-refractivity contribution in [2.45, 2.75) is 12.3 Å². The minimum Gasteiger partial charge on any atom is -0.362 e. The highest BCUT2D eigenvalue weighted by Crippen LogP contribution is 2.37. The molecule has 1 unspecified atom stereocenters. The van der Waals surface area contributed by atoms with Gasteiger partial charge in [-0.1, -0.05) is 22.0 Å². The summed E-state index contributed by atoms with van der Waals surface area (Å²) >= 11 is 3.01. The molecule has 1 heterocycles. The molecule has 1 fully saturated rings. The van der Waals surface area contributed by atoms with Gasteiger partial charge in [-0.25, -0.2) is 0 Å². The second-order valence-corrected chi connectivity index (χ2v) is 4.75. The second kappa shape index (κ2) is 4.89. The maximum atomic E-state index is 12.9. The molecule has 98 valence electrons. The lowest BCUT2D eigenvalue weighted by Gasteiger charge is -2.26. The van der Waals surface area contributed by atoms with Crippen LogP contribution in [0.1, 0.15) is 17.2 Å². The monoisotopic (exact) mass is 323 g/mol. The van der Waals surface area contributed by atoms with Crippen molar-refractivity contribution in [3.63, 3.8) is 0 Å². The van der Waals surface area contributed by atoms with E-state index in [0.717, 1.165) is 6.07 Å². The molecule has 1 aliphatic heterocycles. The van der Waals surface area contributed by atoms with Gasteiger partial charge in [0.25, 0.3) is 0 Å². The van der Waals surface area contributed by atoms with Gasteiger partial charge in [-0.3, -0.25) is 4.79 Å². The van der Waals surface area contributed by atoms with Crippen LogP contribution in [0.3, 0.4) is 0 Å². The third-order valence-corrected chi connectivity index (χ3v) is 3.06. The fraction of sp³-hybridized carbons (Fsp3) is 0.364. The summed E-state index contributed by atoms with van der Waals surface area (Å²) in [6, 6.07) is 3.88. The molecule has 1 atom stereocenters. The molecule has 3 nitrogen and oxygen atoms in total. The summed E-state index contributed by atoms with van der Waals surface area (Å²) in [7, 11) is 0. The van der Waals surface area contributed by atoms with Crippen LogP contribution in [0.15, 0.2) is 22.7 Å². The van der Waals surface area contributed by atoms with E-state index >= 15 is 0 Å². The van der Waals surface area contributed by atoms with E-state index in [1.165, 1.54) is 12.1 Å². The summed E-state index contributed by atoms with van der Waals surface area (Å²) in [5, 5.41) is 2.48. The number of morpholine rings is 1. The van der Waals surface area contributed by atoms with E-state index < -0.39 is 17.8 Å². The SMILES string of the molecule is O=C1COC(c2ccc(Br)cc2C(F)(F)F)CN1. The van der Waals surface area contributed by atoms with Crippen molar-refractivity contribution in [3.8, 4) is 0 Å². The average molecular weight is 324 g/mol. The van der Waals surface area contributed by atoms with Crippen molar-refractivity contribution in [2.75, 3.05) is 13.2 Å². The van der Waals surface area contributed by atoms with E-state index in [1.54, 1.807) is 0 Å². The molecule has 7 heteroatoms. The number of ether oxygens (including phenoxy) is 1. The molecule has 2 rings (SSSR count). The predicted molar refractivity (Wildman–Crippen MR) is 60.8 cm³/mol. The standard InChI is InChI=1S/C11H9BrF3NO2/c12-6-1-2-7(8(3-6)11(13,14)15)9-4-16-10(17)5-18-9/h1-3,9H,4-5H2,(H,16,17). The van der Waals surface area contributed by atoms with Crippen LogP contribution in [-0.4, -0.2) is 19.1 Å². The van der Waals surface area contributed by atoms with Gasteiger partial charge in [0.2, 0.25) is 5.91 Å². The first-order valence-electron chi connectivity index (χ1n) is 5.13. The Morgan fingerprint density at radius 2 is 2.11 bits per heavy atom. The van der Waals surface area contributed by atoms with Crippen molar-refractivity contribution in [2.24, 2.45) is 0 Å². The van der Waals surface area contributed by atoms with Gasteiger partial charge in [-0.2, -0.15) is 13.2 Å². The van der Waals surface area contributed by atoms with E-state index in [2.05, 4.69) is 21.2 Å². The molecular weight excluding hydrogens is 315 g/mol. The molecule has 1 saturated heterocycles. The molecule has 1 N–H and O–H groups in total. The number of carbonyl (C=O) groups is 1. The van der Waals surface area contributed by atoms with Gasteiger partial charge in [0.15, 0.2) is 0 Å². The number of carbonyl (C=O) groups excluding carboxylic acids is 1. The molecule has 1 aromatic carbocycles. The van der Waals surface area contributed by atoms with Gasteiger partial charge >= 0.3 is 6.18 Å². The van der Waals surface area contributed by atoms with Crippen molar-refractivity contribution in [3.05, 3.63) is 33.8 Å². The highest BCUT2D eigenvalue weighted by Gasteiger charge is 2.36. The molecule has 1 aromatic rings. The quantitative estimate of drug-likeness (QED) is 0.862. The van der Waals surface area contributed by atoms with Gasteiger partial charge in [-0.05, 0) is 17.7 Å². The summed E-state index contributed by atoms with van der Waals surface area (Å²) in [5.41, 5.74) is -0.719. The lowest BCUT2D eigenvalue weighted by Crippen LogP contribution is -2.39. The van der Waals surface area contributed by atoms with Gasteiger partial charge < -0.3 is 10.1 Å². The Balaban J connectivity index is 2.35. The summed E-state index contributed by atoms with van der Waals surface area (Å²) in [5.74, 6) is -0.322. The first-order valence-corrected chi connectivity index (χ1v) is 5.92. The molecule has 1 aliphatic rings. The molecule has 0 aromatic heterocycles. The minimum atomic E-state index is -4.45. The lowest BCUT2D eigenvalue weighted by molar-refractivity contribution is -0.141. The molecular formula is C11H9BrF3NO2. The summed E-state index contributed by atoms with van der Waals surface area (Å²) < 4.78 is 44.2.